The summed E-state index contributed by atoms with van der Waals surface area (Å²) in [5.41, 5.74) is 1.12. The van der Waals surface area contributed by atoms with Gasteiger partial charge in [0, 0.05) is 22.5 Å². The molecule has 0 saturated carbocycles. The molecule has 2 nitrogen and oxygen atoms in total. The predicted octanol–water partition coefficient (Wildman–Crippen LogP) is 3.89. The van der Waals surface area contributed by atoms with Crippen LogP contribution in [-0.2, 0) is 0 Å². The first kappa shape index (κ1) is 11.9. The van der Waals surface area contributed by atoms with E-state index in [0.717, 1.165) is 11.4 Å². The Morgan fingerprint density at radius 2 is 1.71 bits per heavy atom. The van der Waals surface area contributed by atoms with Gasteiger partial charge in [-0.15, -0.1) is 0 Å². The van der Waals surface area contributed by atoms with Crippen LogP contribution in [0.3, 0.4) is 0 Å². The van der Waals surface area contributed by atoms with E-state index in [1.54, 1.807) is 18.9 Å². The first-order valence-electron chi connectivity index (χ1n) is 5.41. The quantitative estimate of drug-likeness (QED) is 0.883. The van der Waals surface area contributed by atoms with Crippen molar-refractivity contribution in [3.63, 3.8) is 0 Å². The Morgan fingerprint density at radius 3 is 2.41 bits per heavy atom. The Morgan fingerprint density at radius 1 is 1.00 bits per heavy atom. The number of methoxy groups -OCH3 is 1. The zero-order chi connectivity index (χ0) is 12.1. The fourth-order valence-corrected chi connectivity index (χ4v) is 2.44. The number of hydrogen-bond donors (Lipinski definition) is 1. The van der Waals surface area contributed by atoms with Crippen LogP contribution in [0.25, 0.3) is 0 Å². The van der Waals surface area contributed by atoms with Gasteiger partial charge in [-0.3, -0.25) is 0 Å². The molecule has 0 aliphatic heterocycles. The minimum Gasteiger partial charge on any atom is -0.497 e. The summed E-state index contributed by atoms with van der Waals surface area (Å²) in [5.74, 6) is 0.889. The highest BCUT2D eigenvalue weighted by atomic mass is 32.2. The molecule has 1 N–H and O–H groups in total. The van der Waals surface area contributed by atoms with Crippen molar-refractivity contribution in [2.45, 2.75) is 9.79 Å². The summed E-state index contributed by atoms with van der Waals surface area (Å²) in [7, 11) is 3.61. The number of anilines is 1. The Kier molecular flexibility index (Phi) is 3.94. The van der Waals surface area contributed by atoms with E-state index in [9.17, 15) is 0 Å². The van der Waals surface area contributed by atoms with E-state index in [-0.39, 0.29) is 0 Å². The molecule has 17 heavy (non-hydrogen) atoms. The van der Waals surface area contributed by atoms with Gasteiger partial charge in [0.25, 0.3) is 0 Å². The van der Waals surface area contributed by atoms with Crippen molar-refractivity contribution >= 4 is 17.4 Å². The van der Waals surface area contributed by atoms with Crippen molar-refractivity contribution in [2.75, 3.05) is 19.5 Å². The highest BCUT2D eigenvalue weighted by Crippen LogP contribution is 2.31. The van der Waals surface area contributed by atoms with Gasteiger partial charge in [-0.1, -0.05) is 23.9 Å². The molecule has 0 atom stereocenters. The third kappa shape index (κ3) is 3.17. The second-order valence-corrected chi connectivity index (χ2v) is 4.71. The van der Waals surface area contributed by atoms with Crippen LogP contribution >= 0.6 is 11.8 Å². The standard InChI is InChI=1S/C14H15NOS/c1-15-11-5-3-7-13(9-11)17-14-8-4-6-12(10-14)16-2/h3-10,15H,1-2H3. The van der Waals surface area contributed by atoms with Crippen molar-refractivity contribution in [1.82, 2.24) is 0 Å². The average Bonchev–Trinajstić information content (AvgIpc) is 2.39. The van der Waals surface area contributed by atoms with E-state index in [1.807, 2.05) is 31.3 Å². The third-order valence-corrected chi connectivity index (χ3v) is 3.38. The summed E-state index contributed by atoms with van der Waals surface area (Å²) in [5, 5.41) is 3.14. The van der Waals surface area contributed by atoms with Gasteiger partial charge >= 0.3 is 0 Å². The zero-order valence-corrected chi connectivity index (χ0v) is 10.8. The van der Waals surface area contributed by atoms with Crippen molar-refractivity contribution < 1.29 is 4.74 Å². The molecule has 0 heterocycles. The Bertz CT molecular complexity index is 454. The van der Waals surface area contributed by atoms with Crippen LogP contribution < -0.4 is 10.1 Å². The van der Waals surface area contributed by atoms with Gasteiger partial charge in [0.15, 0.2) is 0 Å². The maximum absolute atomic E-state index is 5.21. The Hall–Kier alpha value is -1.61. The minimum absolute atomic E-state index is 0.889. The molecular weight excluding hydrogens is 230 g/mol. The van der Waals surface area contributed by atoms with E-state index in [1.165, 1.54) is 9.79 Å². The van der Waals surface area contributed by atoms with E-state index in [2.05, 4.69) is 29.6 Å². The van der Waals surface area contributed by atoms with Crippen molar-refractivity contribution in [3.05, 3.63) is 48.5 Å². The molecule has 2 aromatic rings. The normalized spacial score (nSPS) is 10.0. The molecule has 0 aromatic heterocycles. The van der Waals surface area contributed by atoms with Crippen LogP contribution in [0.1, 0.15) is 0 Å². The lowest BCUT2D eigenvalue weighted by Crippen LogP contribution is -1.87. The van der Waals surface area contributed by atoms with Gasteiger partial charge in [-0.2, -0.15) is 0 Å². The van der Waals surface area contributed by atoms with E-state index >= 15 is 0 Å². The molecule has 2 aromatic carbocycles. The van der Waals surface area contributed by atoms with E-state index in [4.69, 9.17) is 4.74 Å². The van der Waals surface area contributed by atoms with Gasteiger partial charge in [0.2, 0.25) is 0 Å². The fraction of sp³-hybridized carbons (Fsp3) is 0.143. The maximum atomic E-state index is 5.21. The number of nitrogens with one attached hydrogen (secondary N) is 1. The summed E-state index contributed by atoms with van der Waals surface area (Å²) in [6.45, 7) is 0. The first-order valence-corrected chi connectivity index (χ1v) is 6.23. The number of rotatable bonds is 4. The highest BCUT2D eigenvalue weighted by molar-refractivity contribution is 7.99. The van der Waals surface area contributed by atoms with Gasteiger partial charge in [0.05, 0.1) is 7.11 Å². The largest absolute Gasteiger partial charge is 0.497 e. The van der Waals surface area contributed by atoms with Crippen molar-refractivity contribution in [1.29, 1.82) is 0 Å². The predicted molar refractivity (Wildman–Crippen MR) is 73.1 cm³/mol. The summed E-state index contributed by atoms with van der Waals surface area (Å²) < 4.78 is 5.21. The molecule has 0 bridgehead atoms. The first-order chi connectivity index (χ1) is 8.31. The highest BCUT2D eigenvalue weighted by Gasteiger charge is 2.00. The second kappa shape index (κ2) is 5.64. The molecule has 0 radical (unpaired) electrons. The van der Waals surface area contributed by atoms with E-state index in [0.29, 0.717) is 0 Å². The van der Waals surface area contributed by atoms with Crippen LogP contribution in [0.4, 0.5) is 5.69 Å². The lowest BCUT2D eigenvalue weighted by Gasteiger charge is -2.06. The smallest absolute Gasteiger partial charge is 0.119 e. The molecule has 0 spiro atoms. The number of hydrogen-bond acceptors (Lipinski definition) is 3. The lowest BCUT2D eigenvalue weighted by atomic mass is 10.3. The summed E-state index contributed by atoms with van der Waals surface area (Å²) in [4.78, 5) is 2.39. The van der Waals surface area contributed by atoms with Gasteiger partial charge in [-0.25, -0.2) is 0 Å². The molecule has 0 saturated heterocycles. The summed E-state index contributed by atoms with van der Waals surface area (Å²) >= 11 is 1.73. The molecular formula is C14H15NOS. The SMILES string of the molecule is CNc1cccc(Sc2cccc(OC)c2)c1. The molecule has 0 amide bonds. The fourth-order valence-electron chi connectivity index (χ4n) is 1.52. The van der Waals surface area contributed by atoms with Crippen LogP contribution in [0.5, 0.6) is 5.75 Å². The lowest BCUT2D eigenvalue weighted by molar-refractivity contribution is 0.413. The molecule has 3 heteroatoms. The minimum atomic E-state index is 0.889. The topological polar surface area (TPSA) is 21.3 Å². The summed E-state index contributed by atoms with van der Waals surface area (Å²) in [6, 6.07) is 16.4. The maximum Gasteiger partial charge on any atom is 0.119 e. The number of ether oxygens (including phenoxy) is 1. The van der Waals surface area contributed by atoms with E-state index < -0.39 is 0 Å². The molecule has 0 aliphatic rings. The number of benzene rings is 2. The molecule has 0 fully saturated rings. The third-order valence-electron chi connectivity index (χ3n) is 2.40. The monoisotopic (exact) mass is 245 g/mol. The zero-order valence-electron chi connectivity index (χ0n) is 9.94. The second-order valence-electron chi connectivity index (χ2n) is 3.56. The van der Waals surface area contributed by atoms with Gasteiger partial charge in [0.1, 0.15) is 5.75 Å². The average molecular weight is 245 g/mol. The molecule has 2 rings (SSSR count). The van der Waals surface area contributed by atoms with Gasteiger partial charge in [-0.05, 0) is 36.4 Å². The molecule has 88 valence electrons. The van der Waals surface area contributed by atoms with Crippen LogP contribution in [0.2, 0.25) is 0 Å². The van der Waals surface area contributed by atoms with Gasteiger partial charge < -0.3 is 10.1 Å². The Balaban J connectivity index is 2.18. The van der Waals surface area contributed by atoms with Crippen LogP contribution in [0.15, 0.2) is 58.3 Å². The Labute approximate surface area is 106 Å². The van der Waals surface area contributed by atoms with Crippen molar-refractivity contribution in [3.8, 4) is 5.75 Å². The summed E-state index contributed by atoms with van der Waals surface area (Å²) in [6.07, 6.45) is 0. The molecule has 0 aliphatic carbocycles. The van der Waals surface area contributed by atoms with Crippen LogP contribution in [-0.4, -0.2) is 14.2 Å². The van der Waals surface area contributed by atoms with Crippen LogP contribution in [0, 0.1) is 0 Å². The molecule has 0 unspecified atom stereocenters. The van der Waals surface area contributed by atoms with Crippen molar-refractivity contribution in [2.24, 2.45) is 0 Å².